The first-order valence-corrected chi connectivity index (χ1v) is 7.09. The molecule has 0 N–H and O–H groups in total. The molecule has 0 aromatic carbocycles. The molecule has 1 heterocycles. The van der Waals surface area contributed by atoms with Gasteiger partial charge in [0.05, 0.1) is 0 Å². The Hall–Kier alpha value is -0.680. The van der Waals surface area contributed by atoms with E-state index < -0.39 is 0 Å². The van der Waals surface area contributed by atoms with Crippen LogP contribution in [0.5, 0.6) is 5.88 Å². The van der Waals surface area contributed by atoms with Crippen LogP contribution in [0.1, 0.15) is 33.5 Å². The van der Waals surface area contributed by atoms with E-state index >= 15 is 0 Å². The highest BCUT2D eigenvalue weighted by Gasteiger charge is 2.13. The highest BCUT2D eigenvalue weighted by Crippen LogP contribution is 2.14. The van der Waals surface area contributed by atoms with Gasteiger partial charge >= 0.3 is 0 Å². The Kier molecular flexibility index (Phi) is 6.02. The number of hydrogen-bond acceptors (Lipinski definition) is 4. The smallest absolute Gasteiger partial charge is 0.217 e. The fourth-order valence-corrected chi connectivity index (χ4v) is 2.40. The van der Waals surface area contributed by atoms with Crippen LogP contribution in [-0.2, 0) is 0 Å². The molecule has 1 aromatic heterocycles. The Labute approximate surface area is 118 Å². The first kappa shape index (κ1) is 15.4. The molecule has 0 aliphatic heterocycles. The number of nitrogens with zero attached hydrogens (tertiary/aromatic N) is 3. The Morgan fingerprint density at radius 1 is 1.22 bits per heavy atom. The number of hydrogen-bond donors (Lipinski definition) is 0. The largest absolute Gasteiger partial charge is 0.476 e. The minimum Gasteiger partial charge on any atom is -0.476 e. The molecule has 0 aliphatic rings. The molecule has 5 heteroatoms. The molecule has 18 heavy (non-hydrogen) atoms. The second kappa shape index (κ2) is 7.04. The van der Waals surface area contributed by atoms with Crippen molar-refractivity contribution in [1.29, 1.82) is 0 Å². The summed E-state index contributed by atoms with van der Waals surface area (Å²) in [5.74, 6) is 1.34. The normalized spacial score (nSPS) is 11.6. The van der Waals surface area contributed by atoms with E-state index in [1.54, 1.807) is 6.07 Å². The van der Waals surface area contributed by atoms with Crippen LogP contribution < -0.4 is 4.74 Å². The molecule has 0 aliphatic carbocycles. The average Bonchev–Trinajstić information content (AvgIpc) is 2.21. The molecule has 1 rings (SSSR count). The molecule has 0 atom stereocenters. The van der Waals surface area contributed by atoms with E-state index in [4.69, 9.17) is 4.74 Å². The lowest BCUT2D eigenvalue weighted by atomic mass is 10.2. The third-order valence-electron chi connectivity index (χ3n) is 2.71. The topological polar surface area (TPSA) is 38.2 Å². The third kappa shape index (κ3) is 4.90. The van der Waals surface area contributed by atoms with Gasteiger partial charge in [0, 0.05) is 24.7 Å². The predicted molar refractivity (Wildman–Crippen MR) is 76.9 cm³/mol. The lowest BCUT2D eigenvalue weighted by Crippen LogP contribution is -2.39. The Morgan fingerprint density at radius 2 is 1.83 bits per heavy atom. The Balaban J connectivity index is 2.50. The van der Waals surface area contributed by atoms with Crippen LogP contribution in [0.4, 0.5) is 0 Å². The minimum absolute atomic E-state index is 0.521. The number of ether oxygens (including phenoxy) is 1. The zero-order chi connectivity index (χ0) is 13.7. The van der Waals surface area contributed by atoms with Gasteiger partial charge in [-0.1, -0.05) is 0 Å². The van der Waals surface area contributed by atoms with Crippen molar-refractivity contribution in [3.8, 4) is 5.88 Å². The van der Waals surface area contributed by atoms with Crippen molar-refractivity contribution in [2.45, 2.75) is 46.7 Å². The van der Waals surface area contributed by atoms with E-state index in [1.165, 1.54) is 0 Å². The molecule has 102 valence electrons. The van der Waals surface area contributed by atoms with Crippen molar-refractivity contribution >= 4 is 15.9 Å². The van der Waals surface area contributed by atoms with Gasteiger partial charge in [-0.2, -0.15) is 4.98 Å². The summed E-state index contributed by atoms with van der Waals surface area (Å²) in [7, 11) is 0. The molecule has 0 unspecified atom stereocenters. The van der Waals surface area contributed by atoms with Gasteiger partial charge in [-0.25, -0.2) is 4.98 Å². The van der Waals surface area contributed by atoms with Crippen molar-refractivity contribution < 1.29 is 4.74 Å². The van der Waals surface area contributed by atoms with E-state index in [-0.39, 0.29) is 0 Å². The van der Waals surface area contributed by atoms with Crippen LogP contribution in [0.25, 0.3) is 0 Å². The van der Waals surface area contributed by atoms with Crippen LogP contribution in [-0.4, -0.2) is 40.1 Å². The number of aromatic nitrogens is 2. The zero-order valence-corrected chi connectivity index (χ0v) is 13.4. The SMILES string of the molecule is Cc1nc(Br)cc(OCCN(C(C)C)C(C)C)n1. The summed E-state index contributed by atoms with van der Waals surface area (Å²) in [6, 6.07) is 2.84. The molecule has 0 radical (unpaired) electrons. The van der Waals surface area contributed by atoms with Gasteiger partial charge in [-0.15, -0.1) is 0 Å². The molecule has 0 fully saturated rings. The number of rotatable bonds is 6. The van der Waals surface area contributed by atoms with Crippen molar-refractivity contribution in [2.75, 3.05) is 13.2 Å². The summed E-state index contributed by atoms with van der Waals surface area (Å²) in [5, 5.41) is 0. The number of halogens is 1. The first-order chi connectivity index (χ1) is 8.40. The fraction of sp³-hybridized carbons (Fsp3) is 0.692. The number of aryl methyl sites for hydroxylation is 1. The second-order valence-electron chi connectivity index (χ2n) is 4.85. The maximum atomic E-state index is 5.68. The maximum absolute atomic E-state index is 5.68. The van der Waals surface area contributed by atoms with E-state index in [1.807, 2.05) is 6.92 Å². The summed E-state index contributed by atoms with van der Waals surface area (Å²) < 4.78 is 6.43. The summed E-state index contributed by atoms with van der Waals surface area (Å²) in [6.07, 6.45) is 0. The Morgan fingerprint density at radius 3 is 2.33 bits per heavy atom. The van der Waals surface area contributed by atoms with E-state index in [0.717, 1.165) is 11.1 Å². The van der Waals surface area contributed by atoms with Crippen LogP contribution in [0.3, 0.4) is 0 Å². The van der Waals surface area contributed by atoms with Gasteiger partial charge in [0.1, 0.15) is 17.0 Å². The molecule has 0 amide bonds. The quantitative estimate of drug-likeness (QED) is 0.756. The third-order valence-corrected chi connectivity index (χ3v) is 3.12. The highest BCUT2D eigenvalue weighted by atomic mass is 79.9. The maximum Gasteiger partial charge on any atom is 0.217 e. The van der Waals surface area contributed by atoms with Gasteiger partial charge < -0.3 is 4.74 Å². The van der Waals surface area contributed by atoms with E-state index in [2.05, 4.69) is 58.5 Å². The summed E-state index contributed by atoms with van der Waals surface area (Å²) in [4.78, 5) is 10.8. The molecule has 0 spiro atoms. The second-order valence-corrected chi connectivity index (χ2v) is 5.66. The molecule has 4 nitrogen and oxygen atoms in total. The average molecular weight is 316 g/mol. The van der Waals surface area contributed by atoms with E-state index in [0.29, 0.717) is 30.4 Å². The van der Waals surface area contributed by atoms with Gasteiger partial charge in [0.2, 0.25) is 5.88 Å². The van der Waals surface area contributed by atoms with Gasteiger partial charge in [-0.05, 0) is 50.5 Å². The minimum atomic E-state index is 0.521. The molecule has 0 bridgehead atoms. The lowest BCUT2D eigenvalue weighted by Gasteiger charge is -2.30. The molecular formula is C13H22BrN3O. The van der Waals surface area contributed by atoms with Crippen LogP contribution in [0.2, 0.25) is 0 Å². The highest BCUT2D eigenvalue weighted by molar-refractivity contribution is 9.10. The van der Waals surface area contributed by atoms with Gasteiger partial charge in [0.25, 0.3) is 0 Å². The first-order valence-electron chi connectivity index (χ1n) is 6.30. The summed E-state index contributed by atoms with van der Waals surface area (Å²) in [5.41, 5.74) is 0. The lowest BCUT2D eigenvalue weighted by molar-refractivity contribution is 0.140. The molecule has 0 saturated heterocycles. The van der Waals surface area contributed by atoms with Gasteiger partial charge in [0.15, 0.2) is 0 Å². The summed E-state index contributed by atoms with van der Waals surface area (Å²) >= 11 is 3.34. The van der Waals surface area contributed by atoms with Crippen molar-refractivity contribution in [3.05, 3.63) is 16.5 Å². The predicted octanol–water partition coefficient (Wildman–Crippen LogP) is 3.05. The standard InChI is InChI=1S/C13H22BrN3O/c1-9(2)17(10(3)4)6-7-18-13-8-12(14)15-11(5)16-13/h8-10H,6-7H2,1-5H3. The fourth-order valence-electron chi connectivity index (χ4n) is 1.95. The molecule has 0 saturated carbocycles. The van der Waals surface area contributed by atoms with Crippen LogP contribution >= 0.6 is 15.9 Å². The van der Waals surface area contributed by atoms with Crippen molar-refractivity contribution in [1.82, 2.24) is 14.9 Å². The van der Waals surface area contributed by atoms with Crippen LogP contribution in [0, 0.1) is 6.92 Å². The van der Waals surface area contributed by atoms with Crippen molar-refractivity contribution in [3.63, 3.8) is 0 Å². The monoisotopic (exact) mass is 315 g/mol. The van der Waals surface area contributed by atoms with Crippen molar-refractivity contribution in [2.24, 2.45) is 0 Å². The Bertz CT molecular complexity index is 354. The summed E-state index contributed by atoms with van der Waals surface area (Å²) in [6.45, 7) is 12.2. The zero-order valence-electron chi connectivity index (χ0n) is 11.8. The molecule has 1 aromatic rings. The van der Waals surface area contributed by atoms with E-state index in [9.17, 15) is 0 Å². The molecular weight excluding hydrogens is 294 g/mol. The van der Waals surface area contributed by atoms with Gasteiger partial charge in [-0.3, -0.25) is 4.90 Å². The van der Waals surface area contributed by atoms with Crippen LogP contribution in [0.15, 0.2) is 10.7 Å².